The maximum absolute atomic E-state index is 11.9. The molecule has 2 atom stereocenters. The summed E-state index contributed by atoms with van der Waals surface area (Å²) in [5, 5.41) is 16.2. The number of hydrogen-bond donors (Lipinski definition) is 5. The van der Waals surface area contributed by atoms with Crippen molar-refractivity contribution in [3.63, 3.8) is 0 Å². The molecule has 0 saturated heterocycles. The Hall–Kier alpha value is -3.30. The fraction of sp³-hybridized carbons (Fsp3) is 0.261. The minimum Gasteiger partial charge on any atom is -0.508 e. The van der Waals surface area contributed by atoms with Crippen molar-refractivity contribution in [2.24, 2.45) is 11.5 Å². The molecule has 0 bridgehead atoms. The monoisotopic (exact) mass is 450 g/mol. The van der Waals surface area contributed by atoms with E-state index in [1.54, 1.807) is 18.2 Å². The zero-order valence-electron chi connectivity index (χ0n) is 17.5. The van der Waals surface area contributed by atoms with Gasteiger partial charge < -0.3 is 27.2 Å². The molecule has 1 saturated carbocycles. The van der Waals surface area contributed by atoms with E-state index in [2.05, 4.69) is 20.6 Å². The van der Waals surface area contributed by atoms with Crippen molar-refractivity contribution in [1.82, 2.24) is 9.97 Å². The Morgan fingerprint density at radius 1 is 1.09 bits per heavy atom. The third-order valence-electron chi connectivity index (χ3n) is 5.34. The minimum atomic E-state index is -0.612. The van der Waals surface area contributed by atoms with Crippen LogP contribution in [0.25, 0.3) is 0 Å². The van der Waals surface area contributed by atoms with E-state index in [-0.39, 0.29) is 23.4 Å². The first-order chi connectivity index (χ1) is 15.5. The molecule has 0 spiro atoms. The molecule has 0 aliphatic heterocycles. The Bertz CT molecular complexity index is 1110. The van der Waals surface area contributed by atoms with E-state index in [4.69, 9.17) is 11.5 Å². The van der Waals surface area contributed by atoms with Gasteiger partial charge in [0.25, 0.3) is 5.91 Å². The van der Waals surface area contributed by atoms with Crippen LogP contribution in [0.4, 0.5) is 17.5 Å². The molecule has 166 valence electrons. The molecule has 1 aliphatic carbocycles. The summed E-state index contributed by atoms with van der Waals surface area (Å²) in [4.78, 5) is 22.6. The number of carbonyl (C=O) groups is 1. The van der Waals surface area contributed by atoms with Gasteiger partial charge in [-0.1, -0.05) is 36.7 Å². The first-order valence-corrected chi connectivity index (χ1v) is 11.3. The Morgan fingerprint density at radius 2 is 1.84 bits per heavy atom. The Balaban J connectivity index is 1.55. The van der Waals surface area contributed by atoms with E-state index >= 15 is 0 Å². The average molecular weight is 451 g/mol. The van der Waals surface area contributed by atoms with Crippen LogP contribution in [-0.2, 0) is 0 Å². The van der Waals surface area contributed by atoms with Crippen molar-refractivity contribution in [2.75, 3.05) is 10.6 Å². The molecule has 7 N–H and O–H groups in total. The predicted octanol–water partition coefficient (Wildman–Crippen LogP) is 3.86. The number of hydrogen-bond acceptors (Lipinski definition) is 8. The summed E-state index contributed by atoms with van der Waals surface area (Å²) in [6.45, 7) is 0. The molecule has 8 nitrogen and oxygen atoms in total. The van der Waals surface area contributed by atoms with Gasteiger partial charge in [-0.15, -0.1) is 0 Å². The van der Waals surface area contributed by atoms with E-state index in [0.29, 0.717) is 11.8 Å². The number of nitrogens with zero attached hydrogens (tertiary/aromatic N) is 2. The number of aromatic nitrogens is 2. The van der Waals surface area contributed by atoms with Crippen LogP contribution in [-0.4, -0.2) is 33.1 Å². The van der Waals surface area contributed by atoms with Crippen LogP contribution < -0.4 is 22.1 Å². The van der Waals surface area contributed by atoms with Gasteiger partial charge in [0.1, 0.15) is 17.1 Å². The van der Waals surface area contributed by atoms with Gasteiger partial charge in [-0.2, -0.15) is 4.98 Å². The van der Waals surface area contributed by atoms with Gasteiger partial charge in [0, 0.05) is 33.8 Å². The largest absolute Gasteiger partial charge is 0.508 e. The van der Waals surface area contributed by atoms with E-state index < -0.39 is 5.91 Å². The molecule has 1 heterocycles. The zero-order chi connectivity index (χ0) is 22.5. The van der Waals surface area contributed by atoms with Crippen LogP contribution in [0.2, 0.25) is 0 Å². The second-order valence-electron chi connectivity index (χ2n) is 7.77. The lowest BCUT2D eigenvalue weighted by atomic mass is 9.91. The smallest absolute Gasteiger partial charge is 0.254 e. The highest BCUT2D eigenvalue weighted by molar-refractivity contribution is 7.99. The molecule has 1 amide bonds. The van der Waals surface area contributed by atoms with Crippen LogP contribution in [0.3, 0.4) is 0 Å². The number of carbonyl (C=O) groups excluding carboxylic acids is 1. The number of phenols is 1. The molecule has 3 aromatic rings. The molecular formula is C23H26N6O2S. The lowest BCUT2D eigenvalue weighted by molar-refractivity contribution is 0.100. The van der Waals surface area contributed by atoms with Crippen molar-refractivity contribution in [2.45, 2.75) is 47.6 Å². The zero-order valence-corrected chi connectivity index (χ0v) is 18.3. The number of primary amides is 1. The topological polar surface area (TPSA) is 139 Å². The molecule has 1 aromatic heterocycles. The Kier molecular flexibility index (Phi) is 6.77. The second kappa shape index (κ2) is 9.88. The summed E-state index contributed by atoms with van der Waals surface area (Å²) in [6.07, 6.45) is 5.59. The summed E-state index contributed by atoms with van der Waals surface area (Å²) in [6, 6.07) is 14.9. The van der Waals surface area contributed by atoms with E-state index in [1.807, 2.05) is 30.3 Å². The van der Waals surface area contributed by atoms with E-state index in [0.717, 1.165) is 41.2 Å². The summed E-state index contributed by atoms with van der Waals surface area (Å²) >= 11 is 1.51. The van der Waals surface area contributed by atoms with Gasteiger partial charge in [-0.3, -0.25) is 4.79 Å². The third-order valence-corrected chi connectivity index (χ3v) is 6.32. The van der Waals surface area contributed by atoms with E-state index in [1.165, 1.54) is 18.0 Å². The van der Waals surface area contributed by atoms with Crippen molar-refractivity contribution in [3.8, 4) is 5.75 Å². The predicted molar refractivity (Wildman–Crippen MR) is 126 cm³/mol. The number of benzene rings is 2. The molecule has 9 heteroatoms. The summed E-state index contributed by atoms with van der Waals surface area (Å²) < 4.78 is 0. The van der Waals surface area contributed by atoms with E-state index in [9.17, 15) is 9.90 Å². The quantitative estimate of drug-likeness (QED) is 0.366. The lowest BCUT2D eigenvalue weighted by Gasteiger charge is -2.29. The van der Waals surface area contributed by atoms with Crippen LogP contribution in [0, 0.1) is 0 Å². The van der Waals surface area contributed by atoms with Crippen LogP contribution >= 0.6 is 11.8 Å². The molecule has 4 rings (SSSR count). The van der Waals surface area contributed by atoms with Crippen molar-refractivity contribution in [1.29, 1.82) is 0 Å². The minimum absolute atomic E-state index is 0.0469. The van der Waals surface area contributed by atoms with Gasteiger partial charge in [-0.25, -0.2) is 4.98 Å². The highest BCUT2D eigenvalue weighted by Crippen LogP contribution is 2.32. The third kappa shape index (κ3) is 5.49. The van der Waals surface area contributed by atoms with Gasteiger partial charge in [0.15, 0.2) is 0 Å². The molecule has 2 unspecified atom stereocenters. The van der Waals surface area contributed by atoms with Crippen LogP contribution in [0.1, 0.15) is 36.0 Å². The first kappa shape index (κ1) is 21.9. The number of nitrogens with one attached hydrogen (secondary N) is 2. The van der Waals surface area contributed by atoms with Gasteiger partial charge in [0.05, 0.1) is 0 Å². The number of rotatable bonds is 7. The summed E-state index contributed by atoms with van der Waals surface area (Å²) in [7, 11) is 0. The number of anilines is 3. The molecule has 0 radical (unpaired) electrons. The SMILES string of the molecule is NC(=O)c1cnc(NC2CCCCC2N)nc1Nc1cccc(Sc2cccc(O)c2)c1. The van der Waals surface area contributed by atoms with Crippen LogP contribution in [0.15, 0.2) is 64.5 Å². The van der Waals surface area contributed by atoms with Crippen molar-refractivity contribution < 1.29 is 9.90 Å². The fourth-order valence-corrected chi connectivity index (χ4v) is 4.62. The lowest BCUT2D eigenvalue weighted by Crippen LogP contribution is -2.43. The molecule has 32 heavy (non-hydrogen) atoms. The van der Waals surface area contributed by atoms with Gasteiger partial charge >= 0.3 is 0 Å². The first-order valence-electron chi connectivity index (χ1n) is 10.5. The number of nitrogens with two attached hydrogens (primary N) is 2. The normalized spacial score (nSPS) is 18.2. The molecule has 1 fully saturated rings. The highest BCUT2D eigenvalue weighted by atomic mass is 32.2. The summed E-state index contributed by atoms with van der Waals surface area (Å²) in [5.41, 5.74) is 12.7. The fourth-order valence-electron chi connectivity index (χ4n) is 3.69. The Morgan fingerprint density at radius 3 is 2.59 bits per heavy atom. The van der Waals surface area contributed by atoms with Crippen LogP contribution in [0.5, 0.6) is 5.75 Å². The number of aromatic hydroxyl groups is 1. The maximum atomic E-state index is 11.9. The molecule has 2 aromatic carbocycles. The number of amides is 1. The molecular weight excluding hydrogens is 424 g/mol. The second-order valence-corrected chi connectivity index (χ2v) is 8.92. The van der Waals surface area contributed by atoms with Gasteiger partial charge in [0.2, 0.25) is 5.95 Å². The average Bonchev–Trinajstić information content (AvgIpc) is 2.76. The maximum Gasteiger partial charge on any atom is 0.254 e. The number of phenolic OH excluding ortho intramolecular Hbond substituents is 1. The van der Waals surface area contributed by atoms with Crippen molar-refractivity contribution >= 4 is 35.1 Å². The highest BCUT2D eigenvalue weighted by Gasteiger charge is 2.23. The Labute approximate surface area is 190 Å². The van der Waals surface area contributed by atoms with Gasteiger partial charge in [-0.05, 0) is 49.2 Å². The van der Waals surface area contributed by atoms with Crippen molar-refractivity contribution in [3.05, 3.63) is 60.3 Å². The molecule has 1 aliphatic rings. The standard InChI is InChI=1S/C23H26N6O2S/c24-19-9-1-2-10-20(19)28-23-26-13-18(21(25)31)22(29-23)27-14-5-3-7-16(11-14)32-17-8-4-6-15(30)12-17/h3-8,11-13,19-20,30H,1-2,9-10,24H2,(H2,25,31)(H2,26,27,28,29). The summed E-state index contributed by atoms with van der Waals surface area (Å²) in [5.74, 6) is 0.344.